The number of hydrogen-bond acceptors (Lipinski definition) is 1. The van der Waals surface area contributed by atoms with Crippen LogP contribution in [0.25, 0.3) is 16.5 Å². The Morgan fingerprint density at radius 2 is 1.60 bits per heavy atom. The zero-order valence-electron chi connectivity index (χ0n) is 13.2. The van der Waals surface area contributed by atoms with E-state index < -0.39 is 8.32 Å². The highest BCUT2D eigenvalue weighted by molar-refractivity contribution is 6.74. The number of hydrogen-bond donors (Lipinski definition) is 0. The second kappa shape index (κ2) is 5.10. The number of fused-ring (bicyclic) bond motifs is 1. The van der Waals surface area contributed by atoms with Crippen LogP contribution in [-0.2, 0) is 4.43 Å². The molecule has 20 heavy (non-hydrogen) atoms. The molecule has 2 aromatic rings. The molecule has 0 fully saturated rings. The molecule has 0 aliphatic carbocycles. The van der Waals surface area contributed by atoms with Crippen LogP contribution in [0.15, 0.2) is 49.0 Å². The molecule has 0 spiro atoms. The predicted molar refractivity (Wildman–Crippen MR) is 91.3 cm³/mol. The van der Waals surface area contributed by atoms with Gasteiger partial charge < -0.3 is 4.43 Å². The molecular formula is C18H24OSi. The minimum atomic E-state index is -1.84. The highest BCUT2D eigenvalue weighted by atomic mass is 28.4. The first-order valence-corrected chi connectivity index (χ1v) is 9.99. The molecule has 0 saturated carbocycles. The topological polar surface area (TPSA) is 9.23 Å². The van der Waals surface area contributed by atoms with Crippen molar-refractivity contribution < 1.29 is 4.43 Å². The third kappa shape index (κ3) is 2.80. The second-order valence-corrected chi connectivity index (χ2v) is 11.5. The molecular weight excluding hydrogens is 260 g/mol. The monoisotopic (exact) mass is 284 g/mol. The summed E-state index contributed by atoms with van der Waals surface area (Å²) in [4.78, 5) is 0. The SMILES string of the molecule is C=C(O[Si](C)(C)C(C)(C)C)c1cccc2ccccc12. The van der Waals surface area contributed by atoms with E-state index in [2.05, 4.69) is 82.9 Å². The van der Waals surface area contributed by atoms with Gasteiger partial charge in [0.25, 0.3) is 0 Å². The largest absolute Gasteiger partial charge is 0.543 e. The van der Waals surface area contributed by atoms with Crippen molar-refractivity contribution in [1.82, 2.24) is 0 Å². The van der Waals surface area contributed by atoms with Gasteiger partial charge in [-0.25, -0.2) is 0 Å². The quantitative estimate of drug-likeness (QED) is 0.509. The van der Waals surface area contributed by atoms with Crippen LogP contribution in [-0.4, -0.2) is 8.32 Å². The highest BCUT2D eigenvalue weighted by Crippen LogP contribution is 2.39. The first-order valence-electron chi connectivity index (χ1n) is 7.08. The fourth-order valence-corrected chi connectivity index (χ4v) is 3.02. The second-order valence-electron chi connectivity index (χ2n) is 6.81. The van der Waals surface area contributed by atoms with Gasteiger partial charge in [0.05, 0.1) is 0 Å². The Kier molecular flexibility index (Phi) is 3.79. The van der Waals surface area contributed by atoms with Gasteiger partial charge in [0, 0.05) is 5.56 Å². The minimum absolute atomic E-state index is 0.181. The lowest BCUT2D eigenvalue weighted by Gasteiger charge is -2.37. The van der Waals surface area contributed by atoms with E-state index in [9.17, 15) is 0 Å². The lowest BCUT2D eigenvalue weighted by Crippen LogP contribution is -2.40. The Hall–Kier alpha value is -1.54. The van der Waals surface area contributed by atoms with Gasteiger partial charge in [-0.1, -0.05) is 69.8 Å². The summed E-state index contributed by atoms with van der Waals surface area (Å²) >= 11 is 0. The van der Waals surface area contributed by atoms with E-state index >= 15 is 0 Å². The van der Waals surface area contributed by atoms with Gasteiger partial charge in [-0.05, 0) is 28.9 Å². The summed E-state index contributed by atoms with van der Waals surface area (Å²) in [5.74, 6) is 0.799. The van der Waals surface area contributed by atoms with E-state index in [4.69, 9.17) is 4.43 Å². The molecule has 0 aliphatic rings. The number of benzene rings is 2. The molecule has 0 amide bonds. The Morgan fingerprint density at radius 1 is 1.00 bits per heavy atom. The molecule has 0 aliphatic heterocycles. The normalized spacial score (nSPS) is 12.4. The number of rotatable bonds is 3. The Balaban J connectivity index is 2.38. The zero-order chi connectivity index (χ0) is 15.0. The van der Waals surface area contributed by atoms with Crippen molar-refractivity contribution in [1.29, 1.82) is 0 Å². The van der Waals surface area contributed by atoms with Crippen LogP contribution in [0.4, 0.5) is 0 Å². The van der Waals surface area contributed by atoms with Crippen molar-refractivity contribution >= 4 is 24.8 Å². The van der Waals surface area contributed by atoms with E-state index in [0.29, 0.717) is 0 Å². The van der Waals surface area contributed by atoms with E-state index in [-0.39, 0.29) is 5.04 Å². The van der Waals surface area contributed by atoms with Crippen molar-refractivity contribution in [3.05, 3.63) is 54.6 Å². The predicted octanol–water partition coefficient (Wildman–Crippen LogP) is 5.83. The van der Waals surface area contributed by atoms with Crippen molar-refractivity contribution in [2.45, 2.75) is 38.9 Å². The molecule has 0 heterocycles. The smallest absolute Gasteiger partial charge is 0.250 e. The van der Waals surface area contributed by atoms with Crippen LogP contribution < -0.4 is 0 Å². The molecule has 0 bridgehead atoms. The van der Waals surface area contributed by atoms with E-state index in [1.165, 1.54) is 10.8 Å². The van der Waals surface area contributed by atoms with E-state index in [0.717, 1.165) is 11.3 Å². The zero-order valence-corrected chi connectivity index (χ0v) is 14.2. The molecule has 0 saturated heterocycles. The molecule has 0 N–H and O–H groups in total. The Bertz CT molecular complexity index is 630. The van der Waals surface area contributed by atoms with E-state index in [1.807, 2.05) is 0 Å². The lowest BCUT2D eigenvalue weighted by molar-refractivity contribution is 0.460. The van der Waals surface area contributed by atoms with Crippen molar-refractivity contribution in [3.8, 4) is 0 Å². The summed E-state index contributed by atoms with van der Waals surface area (Å²) in [6, 6.07) is 14.7. The molecule has 2 heteroatoms. The van der Waals surface area contributed by atoms with Crippen molar-refractivity contribution in [3.63, 3.8) is 0 Å². The van der Waals surface area contributed by atoms with Gasteiger partial charge in [-0.2, -0.15) is 0 Å². The Labute approximate surface area is 123 Å². The summed E-state index contributed by atoms with van der Waals surface area (Å²) in [5, 5.41) is 2.62. The van der Waals surface area contributed by atoms with Gasteiger partial charge in [0.2, 0.25) is 8.32 Å². The average Bonchev–Trinajstić information content (AvgIpc) is 2.36. The van der Waals surface area contributed by atoms with Crippen LogP contribution in [0.1, 0.15) is 26.3 Å². The van der Waals surface area contributed by atoms with Crippen molar-refractivity contribution in [2.75, 3.05) is 0 Å². The minimum Gasteiger partial charge on any atom is -0.543 e. The highest BCUT2D eigenvalue weighted by Gasteiger charge is 2.39. The molecule has 0 unspecified atom stereocenters. The molecule has 0 radical (unpaired) electrons. The summed E-state index contributed by atoms with van der Waals surface area (Å²) in [5.41, 5.74) is 1.10. The van der Waals surface area contributed by atoms with E-state index in [1.54, 1.807) is 0 Å². The first kappa shape index (κ1) is 14.9. The van der Waals surface area contributed by atoms with Crippen molar-refractivity contribution in [2.24, 2.45) is 0 Å². The molecule has 2 aromatic carbocycles. The van der Waals surface area contributed by atoms with Crippen LogP contribution in [0.3, 0.4) is 0 Å². The Morgan fingerprint density at radius 3 is 2.25 bits per heavy atom. The summed E-state index contributed by atoms with van der Waals surface area (Å²) in [6.07, 6.45) is 0. The average molecular weight is 284 g/mol. The summed E-state index contributed by atoms with van der Waals surface area (Å²) in [7, 11) is -1.84. The maximum absolute atomic E-state index is 6.34. The third-order valence-corrected chi connectivity index (χ3v) is 8.64. The molecule has 0 aromatic heterocycles. The molecule has 0 atom stereocenters. The first-order chi connectivity index (χ1) is 9.22. The van der Waals surface area contributed by atoms with Gasteiger partial charge in [-0.15, -0.1) is 0 Å². The lowest BCUT2D eigenvalue weighted by atomic mass is 10.0. The van der Waals surface area contributed by atoms with Crippen LogP contribution in [0.2, 0.25) is 18.1 Å². The molecule has 2 rings (SSSR count). The fraction of sp³-hybridized carbons (Fsp3) is 0.333. The van der Waals surface area contributed by atoms with Gasteiger partial charge >= 0.3 is 0 Å². The van der Waals surface area contributed by atoms with Gasteiger partial charge in [0.1, 0.15) is 5.76 Å². The summed E-state index contributed by atoms with van der Waals surface area (Å²) in [6.45, 7) is 15.4. The third-order valence-electron chi connectivity index (χ3n) is 4.27. The van der Waals surface area contributed by atoms with Crippen LogP contribution >= 0.6 is 0 Å². The van der Waals surface area contributed by atoms with Gasteiger partial charge in [-0.3, -0.25) is 0 Å². The summed E-state index contributed by atoms with van der Waals surface area (Å²) < 4.78 is 6.34. The maximum Gasteiger partial charge on any atom is 0.250 e. The van der Waals surface area contributed by atoms with Crippen LogP contribution in [0.5, 0.6) is 0 Å². The fourth-order valence-electron chi connectivity index (χ4n) is 1.98. The maximum atomic E-state index is 6.34. The molecule has 106 valence electrons. The van der Waals surface area contributed by atoms with Crippen LogP contribution in [0, 0.1) is 0 Å². The molecule has 1 nitrogen and oxygen atoms in total. The van der Waals surface area contributed by atoms with Gasteiger partial charge in [0.15, 0.2) is 0 Å². The standard InChI is InChI=1S/C18H24OSi/c1-14(19-20(5,6)18(2,3)4)16-13-9-11-15-10-7-8-12-17(15)16/h7-13H,1H2,2-6H3.